The van der Waals surface area contributed by atoms with E-state index >= 15 is 0 Å². The molecule has 0 aliphatic heterocycles. The number of H-pyrrole nitrogens is 1. The summed E-state index contributed by atoms with van der Waals surface area (Å²) in [5, 5.41) is 19.7. The molecule has 0 aliphatic rings. The van der Waals surface area contributed by atoms with Gasteiger partial charge in [0.15, 0.2) is 5.65 Å². The molecule has 0 amide bonds. The minimum Gasteiger partial charge on any atom is -0.259 e. The topological polar surface area (TPSA) is 54.5 Å². The van der Waals surface area contributed by atoms with E-state index in [4.69, 9.17) is 0 Å². The lowest BCUT2D eigenvalue weighted by Gasteiger charge is -1.91. The molecule has 4 rings (SSSR count). The highest BCUT2D eigenvalue weighted by atomic mass is 15.2. The summed E-state index contributed by atoms with van der Waals surface area (Å²) in [5.74, 6) is 0. The van der Waals surface area contributed by atoms with E-state index in [2.05, 4.69) is 44.7 Å². The van der Waals surface area contributed by atoms with Crippen molar-refractivity contribution in [1.29, 1.82) is 0 Å². The van der Waals surface area contributed by atoms with Crippen LogP contribution in [0.15, 0.2) is 42.6 Å². The van der Waals surface area contributed by atoms with Crippen LogP contribution in [0.5, 0.6) is 0 Å². The Balaban J connectivity index is 2.46. The van der Waals surface area contributed by atoms with Crippen LogP contribution in [-0.2, 0) is 0 Å². The summed E-state index contributed by atoms with van der Waals surface area (Å²) in [4.78, 5) is 0. The molecule has 2 heterocycles. The van der Waals surface area contributed by atoms with Crippen molar-refractivity contribution in [3.05, 3.63) is 42.6 Å². The summed E-state index contributed by atoms with van der Waals surface area (Å²) in [6.07, 6.45) is 1.80. The zero-order valence-corrected chi connectivity index (χ0v) is 8.88. The number of nitrogens with one attached hydrogen (secondary N) is 1. The third-order valence-corrected chi connectivity index (χ3v) is 3.04. The number of hydrogen-bond donors (Lipinski definition) is 1. The average Bonchev–Trinajstić information content (AvgIpc) is 2.73. The molecule has 1 N–H and O–H groups in total. The molecule has 0 aliphatic carbocycles. The van der Waals surface area contributed by atoms with Crippen molar-refractivity contribution in [1.82, 2.24) is 20.4 Å². The number of benzene rings is 1. The van der Waals surface area contributed by atoms with Gasteiger partial charge < -0.3 is 0 Å². The van der Waals surface area contributed by atoms with Gasteiger partial charge in [0.2, 0.25) is 0 Å². The summed E-state index contributed by atoms with van der Waals surface area (Å²) < 4.78 is 0. The molecule has 0 radical (unpaired) electrons. The highest BCUT2D eigenvalue weighted by Gasteiger charge is 2.08. The van der Waals surface area contributed by atoms with Gasteiger partial charge in [-0.05, 0) is 5.39 Å². The van der Waals surface area contributed by atoms with Crippen molar-refractivity contribution < 1.29 is 0 Å². The molecule has 0 spiro atoms. The Morgan fingerprint density at radius 2 is 1.76 bits per heavy atom. The average molecular weight is 220 g/mol. The van der Waals surface area contributed by atoms with Crippen molar-refractivity contribution in [3.8, 4) is 0 Å². The largest absolute Gasteiger partial charge is 0.259 e. The molecule has 0 fully saturated rings. The van der Waals surface area contributed by atoms with Gasteiger partial charge in [0.05, 0.1) is 11.6 Å². The van der Waals surface area contributed by atoms with E-state index in [0.717, 1.165) is 32.7 Å². The van der Waals surface area contributed by atoms with E-state index < -0.39 is 0 Å². The second-order valence-electron chi connectivity index (χ2n) is 4.02. The maximum Gasteiger partial charge on any atom is 0.179 e. The van der Waals surface area contributed by atoms with Gasteiger partial charge in [-0.2, -0.15) is 5.10 Å². The van der Waals surface area contributed by atoms with Gasteiger partial charge in [-0.1, -0.05) is 36.4 Å². The lowest BCUT2D eigenvalue weighted by Crippen LogP contribution is -1.80. The van der Waals surface area contributed by atoms with Crippen LogP contribution in [0.2, 0.25) is 0 Å². The van der Waals surface area contributed by atoms with Gasteiger partial charge in [0, 0.05) is 10.8 Å². The van der Waals surface area contributed by atoms with Crippen LogP contribution in [0, 0.1) is 0 Å². The van der Waals surface area contributed by atoms with E-state index in [1.54, 1.807) is 6.20 Å². The SMILES string of the molecule is c1ccc2c(c1)ccc1cn[nH]c3nnc2c13. The van der Waals surface area contributed by atoms with E-state index in [1.165, 1.54) is 0 Å². The van der Waals surface area contributed by atoms with Gasteiger partial charge >= 0.3 is 0 Å². The predicted octanol–water partition coefficient (Wildman–Crippen LogP) is 2.66. The molecule has 2 aromatic heterocycles. The molecule has 0 unspecified atom stereocenters. The highest BCUT2D eigenvalue weighted by Crippen LogP contribution is 2.27. The van der Waals surface area contributed by atoms with Crippen LogP contribution in [0.3, 0.4) is 0 Å². The molecule has 0 saturated heterocycles. The van der Waals surface area contributed by atoms with Gasteiger partial charge in [0.1, 0.15) is 5.52 Å². The Bertz CT molecular complexity index is 848. The normalized spacial score (nSPS) is 11.5. The van der Waals surface area contributed by atoms with E-state index in [1.807, 2.05) is 12.1 Å². The number of aromatic nitrogens is 4. The molecule has 17 heavy (non-hydrogen) atoms. The molecule has 80 valence electrons. The maximum atomic E-state index is 4.27. The number of aromatic amines is 1. The van der Waals surface area contributed by atoms with Crippen molar-refractivity contribution in [2.24, 2.45) is 0 Å². The highest BCUT2D eigenvalue weighted by molar-refractivity contribution is 6.15. The number of nitrogens with zero attached hydrogens (tertiary/aromatic N) is 3. The van der Waals surface area contributed by atoms with Crippen LogP contribution in [0.4, 0.5) is 0 Å². The fraction of sp³-hybridized carbons (Fsp3) is 0. The van der Waals surface area contributed by atoms with Crippen LogP contribution in [-0.4, -0.2) is 20.4 Å². The van der Waals surface area contributed by atoms with Gasteiger partial charge in [-0.3, -0.25) is 5.10 Å². The Morgan fingerprint density at radius 1 is 0.882 bits per heavy atom. The van der Waals surface area contributed by atoms with E-state index in [-0.39, 0.29) is 0 Å². The predicted molar refractivity (Wildman–Crippen MR) is 66.7 cm³/mol. The molecule has 2 aromatic carbocycles. The van der Waals surface area contributed by atoms with Crippen molar-refractivity contribution >= 4 is 32.7 Å². The molecule has 4 heteroatoms. The standard InChI is InChI=1S/C13H8N4/c1-2-4-10-8(3-1)5-6-9-7-14-16-13-11(9)12(10)15-17-13/h1-7H,(H,15,16,17). The van der Waals surface area contributed by atoms with Crippen LogP contribution >= 0.6 is 0 Å². The Morgan fingerprint density at radius 3 is 2.76 bits per heavy atom. The maximum absolute atomic E-state index is 4.27. The van der Waals surface area contributed by atoms with E-state index in [9.17, 15) is 0 Å². The van der Waals surface area contributed by atoms with Crippen LogP contribution in [0.1, 0.15) is 0 Å². The molecule has 0 saturated carbocycles. The molecular weight excluding hydrogens is 212 g/mol. The van der Waals surface area contributed by atoms with Crippen LogP contribution in [0.25, 0.3) is 32.7 Å². The van der Waals surface area contributed by atoms with Crippen molar-refractivity contribution in [2.45, 2.75) is 0 Å². The second kappa shape index (κ2) is 3.01. The van der Waals surface area contributed by atoms with Crippen molar-refractivity contribution in [3.63, 3.8) is 0 Å². The Kier molecular flexibility index (Phi) is 1.53. The summed E-state index contributed by atoms with van der Waals surface area (Å²) in [7, 11) is 0. The lowest BCUT2D eigenvalue weighted by molar-refractivity contribution is 1.03. The van der Waals surface area contributed by atoms with Gasteiger partial charge in [-0.25, -0.2) is 0 Å². The first-order valence-electron chi connectivity index (χ1n) is 5.41. The quantitative estimate of drug-likeness (QED) is 0.495. The zero-order chi connectivity index (χ0) is 11.2. The number of fused-ring (bicyclic) bond motifs is 2. The molecule has 0 bridgehead atoms. The first kappa shape index (κ1) is 8.64. The minimum absolute atomic E-state index is 0.735. The second-order valence-corrected chi connectivity index (χ2v) is 4.02. The smallest absolute Gasteiger partial charge is 0.179 e. The number of hydrogen-bond acceptors (Lipinski definition) is 3. The third kappa shape index (κ3) is 1.09. The summed E-state index contributed by atoms with van der Waals surface area (Å²) in [5.41, 5.74) is 1.66. The summed E-state index contributed by atoms with van der Waals surface area (Å²) in [6, 6.07) is 12.3. The Hall–Kier alpha value is -2.49. The minimum atomic E-state index is 0.735. The van der Waals surface area contributed by atoms with Crippen LogP contribution < -0.4 is 0 Å². The first-order valence-corrected chi connectivity index (χ1v) is 5.41. The Labute approximate surface area is 96.3 Å². The van der Waals surface area contributed by atoms with E-state index in [0.29, 0.717) is 0 Å². The summed E-state index contributed by atoms with van der Waals surface area (Å²) >= 11 is 0. The molecule has 4 aromatic rings. The fourth-order valence-electron chi connectivity index (χ4n) is 2.24. The lowest BCUT2D eigenvalue weighted by atomic mass is 10.1. The summed E-state index contributed by atoms with van der Waals surface area (Å²) in [6.45, 7) is 0. The monoisotopic (exact) mass is 220 g/mol. The first-order chi connectivity index (χ1) is 8.43. The van der Waals surface area contributed by atoms with Crippen molar-refractivity contribution in [2.75, 3.05) is 0 Å². The van der Waals surface area contributed by atoms with Gasteiger partial charge in [0.25, 0.3) is 0 Å². The molecule has 0 atom stereocenters. The van der Waals surface area contributed by atoms with Gasteiger partial charge in [-0.15, -0.1) is 10.2 Å². The number of rotatable bonds is 0. The third-order valence-electron chi connectivity index (χ3n) is 3.04. The fourth-order valence-corrected chi connectivity index (χ4v) is 2.24. The zero-order valence-electron chi connectivity index (χ0n) is 8.88. The molecular formula is C13H8N4. The molecule has 4 nitrogen and oxygen atoms in total.